The lowest BCUT2D eigenvalue weighted by atomic mass is 9.92. The third-order valence-electron chi connectivity index (χ3n) is 1.96. The molecular formula is C7H17N. The van der Waals surface area contributed by atoms with Gasteiger partial charge in [-0.05, 0) is 18.3 Å². The van der Waals surface area contributed by atoms with Gasteiger partial charge in [0.15, 0.2) is 0 Å². The van der Waals surface area contributed by atoms with Crippen LogP contribution in [0.1, 0.15) is 39.5 Å². The summed E-state index contributed by atoms with van der Waals surface area (Å²) in [7, 11) is 0. The zero-order chi connectivity index (χ0) is 5.33. The molecule has 3 N–H and O–H groups in total. The molecule has 0 aromatic carbocycles. The minimum atomic E-state index is 0. The maximum atomic E-state index is 2.36. The fourth-order valence-corrected chi connectivity index (χ4v) is 1.33. The lowest BCUT2D eigenvalue weighted by molar-refractivity contribution is 0.382. The molecule has 1 fully saturated rings. The van der Waals surface area contributed by atoms with Crippen LogP contribution in [-0.4, -0.2) is 0 Å². The summed E-state index contributed by atoms with van der Waals surface area (Å²) in [5, 5.41) is 0. The van der Waals surface area contributed by atoms with Crippen LogP contribution in [0.2, 0.25) is 0 Å². The van der Waals surface area contributed by atoms with Gasteiger partial charge < -0.3 is 6.15 Å². The molecule has 0 radical (unpaired) electrons. The zero-order valence-corrected chi connectivity index (χ0v) is 6.04. The molecule has 0 saturated heterocycles. The van der Waals surface area contributed by atoms with Crippen molar-refractivity contribution in [3.63, 3.8) is 0 Å². The van der Waals surface area contributed by atoms with Gasteiger partial charge in [0.05, 0.1) is 0 Å². The molecule has 0 unspecified atom stereocenters. The third-order valence-corrected chi connectivity index (χ3v) is 1.96. The molecule has 1 rings (SSSR count). The van der Waals surface area contributed by atoms with Crippen LogP contribution in [0.4, 0.5) is 0 Å². The van der Waals surface area contributed by atoms with Gasteiger partial charge in [0, 0.05) is 0 Å². The third kappa shape index (κ3) is 1.83. The van der Waals surface area contributed by atoms with E-state index in [-0.39, 0.29) is 6.15 Å². The molecule has 0 aliphatic heterocycles. The Labute approximate surface area is 52.1 Å². The van der Waals surface area contributed by atoms with E-state index in [1.54, 1.807) is 0 Å². The Morgan fingerprint density at radius 3 is 1.50 bits per heavy atom. The van der Waals surface area contributed by atoms with Crippen LogP contribution in [0, 0.1) is 5.41 Å². The Balaban J connectivity index is 0.000000490. The van der Waals surface area contributed by atoms with Crippen LogP contribution in [0.15, 0.2) is 0 Å². The first-order valence-corrected chi connectivity index (χ1v) is 3.21. The molecule has 1 saturated carbocycles. The highest BCUT2D eigenvalue weighted by atomic mass is 14.3. The van der Waals surface area contributed by atoms with Crippen molar-refractivity contribution in [3.8, 4) is 0 Å². The van der Waals surface area contributed by atoms with Crippen molar-refractivity contribution in [1.29, 1.82) is 0 Å². The lowest BCUT2D eigenvalue weighted by Crippen LogP contribution is -2.01. The Morgan fingerprint density at radius 2 is 1.38 bits per heavy atom. The second-order valence-corrected chi connectivity index (χ2v) is 3.37. The van der Waals surface area contributed by atoms with Crippen LogP contribution >= 0.6 is 0 Å². The first-order chi connectivity index (χ1) is 3.21. The van der Waals surface area contributed by atoms with Crippen LogP contribution < -0.4 is 6.15 Å². The summed E-state index contributed by atoms with van der Waals surface area (Å²) in [5.41, 5.74) is 0.694. The molecular weight excluding hydrogens is 98.1 g/mol. The normalized spacial score (nSPS) is 24.8. The van der Waals surface area contributed by atoms with Crippen LogP contribution in [0.3, 0.4) is 0 Å². The molecule has 8 heavy (non-hydrogen) atoms. The predicted molar refractivity (Wildman–Crippen MR) is 37.3 cm³/mol. The summed E-state index contributed by atoms with van der Waals surface area (Å²) < 4.78 is 0. The van der Waals surface area contributed by atoms with Crippen molar-refractivity contribution in [2.45, 2.75) is 39.5 Å². The first kappa shape index (κ1) is 7.96. The summed E-state index contributed by atoms with van der Waals surface area (Å²) in [6.45, 7) is 4.72. The summed E-state index contributed by atoms with van der Waals surface area (Å²) >= 11 is 0. The molecule has 0 atom stereocenters. The average Bonchev–Trinajstić information content (AvgIpc) is 1.84. The summed E-state index contributed by atoms with van der Waals surface area (Å²) in [5.74, 6) is 0. The van der Waals surface area contributed by atoms with Crippen molar-refractivity contribution in [3.05, 3.63) is 0 Å². The van der Waals surface area contributed by atoms with Crippen molar-refractivity contribution >= 4 is 0 Å². The van der Waals surface area contributed by atoms with Gasteiger partial charge in [-0.1, -0.05) is 26.7 Å². The van der Waals surface area contributed by atoms with E-state index in [0.717, 1.165) is 0 Å². The molecule has 1 nitrogen and oxygen atoms in total. The highest BCUT2D eigenvalue weighted by molar-refractivity contribution is 4.74. The molecule has 0 heterocycles. The van der Waals surface area contributed by atoms with Crippen molar-refractivity contribution in [2.75, 3.05) is 0 Å². The Hall–Kier alpha value is -0.0400. The van der Waals surface area contributed by atoms with E-state index in [4.69, 9.17) is 0 Å². The predicted octanol–water partition coefficient (Wildman–Crippen LogP) is 2.75. The second-order valence-electron chi connectivity index (χ2n) is 3.37. The van der Waals surface area contributed by atoms with E-state index < -0.39 is 0 Å². The van der Waals surface area contributed by atoms with Gasteiger partial charge in [0.1, 0.15) is 0 Å². The Bertz CT molecular complexity index is 58.8. The average molecular weight is 115 g/mol. The second kappa shape index (κ2) is 2.49. The topological polar surface area (TPSA) is 35.0 Å². The van der Waals surface area contributed by atoms with Crippen LogP contribution in [-0.2, 0) is 0 Å². The maximum Gasteiger partial charge on any atom is -0.0354 e. The molecule has 0 aromatic heterocycles. The molecule has 1 aliphatic rings. The number of rotatable bonds is 0. The SMILES string of the molecule is CC1(C)CCCC1.N. The van der Waals surface area contributed by atoms with E-state index in [1.165, 1.54) is 25.7 Å². The molecule has 1 heteroatoms. The minimum absolute atomic E-state index is 0. The monoisotopic (exact) mass is 115 g/mol. The number of hydrogen-bond donors (Lipinski definition) is 1. The Morgan fingerprint density at radius 1 is 1.00 bits per heavy atom. The van der Waals surface area contributed by atoms with Gasteiger partial charge in [0.2, 0.25) is 0 Å². The minimum Gasteiger partial charge on any atom is -0.344 e. The van der Waals surface area contributed by atoms with E-state index >= 15 is 0 Å². The van der Waals surface area contributed by atoms with Gasteiger partial charge in [0.25, 0.3) is 0 Å². The standard InChI is InChI=1S/C7H14.H3N/c1-7(2)5-3-4-6-7;/h3-6H2,1-2H3;1H3. The summed E-state index contributed by atoms with van der Waals surface area (Å²) in [6.07, 6.45) is 5.83. The molecule has 0 spiro atoms. The van der Waals surface area contributed by atoms with E-state index in [9.17, 15) is 0 Å². The van der Waals surface area contributed by atoms with E-state index in [0.29, 0.717) is 5.41 Å². The molecule has 1 aliphatic carbocycles. The highest BCUT2D eigenvalue weighted by Gasteiger charge is 2.21. The largest absolute Gasteiger partial charge is 0.344 e. The van der Waals surface area contributed by atoms with Gasteiger partial charge in [-0.15, -0.1) is 0 Å². The lowest BCUT2D eigenvalue weighted by Gasteiger charge is -2.13. The maximum absolute atomic E-state index is 2.36. The zero-order valence-electron chi connectivity index (χ0n) is 6.04. The summed E-state index contributed by atoms with van der Waals surface area (Å²) in [4.78, 5) is 0. The van der Waals surface area contributed by atoms with E-state index in [2.05, 4.69) is 13.8 Å². The smallest absolute Gasteiger partial charge is 0.0354 e. The summed E-state index contributed by atoms with van der Waals surface area (Å²) in [6, 6.07) is 0. The van der Waals surface area contributed by atoms with Crippen LogP contribution in [0.25, 0.3) is 0 Å². The molecule has 50 valence electrons. The van der Waals surface area contributed by atoms with Crippen molar-refractivity contribution in [1.82, 2.24) is 6.15 Å². The number of hydrogen-bond acceptors (Lipinski definition) is 1. The fourth-order valence-electron chi connectivity index (χ4n) is 1.33. The van der Waals surface area contributed by atoms with Crippen molar-refractivity contribution < 1.29 is 0 Å². The van der Waals surface area contributed by atoms with Crippen molar-refractivity contribution in [2.24, 2.45) is 5.41 Å². The Kier molecular flexibility index (Phi) is 2.48. The molecule has 0 aromatic rings. The quantitative estimate of drug-likeness (QED) is 0.517. The van der Waals surface area contributed by atoms with Crippen LogP contribution in [0.5, 0.6) is 0 Å². The van der Waals surface area contributed by atoms with Gasteiger partial charge >= 0.3 is 0 Å². The van der Waals surface area contributed by atoms with E-state index in [1.807, 2.05) is 0 Å². The van der Waals surface area contributed by atoms with Gasteiger partial charge in [-0.2, -0.15) is 0 Å². The molecule has 0 amide bonds. The first-order valence-electron chi connectivity index (χ1n) is 3.21. The fraction of sp³-hybridized carbons (Fsp3) is 1.00. The highest BCUT2D eigenvalue weighted by Crippen LogP contribution is 2.36. The van der Waals surface area contributed by atoms with Gasteiger partial charge in [-0.25, -0.2) is 0 Å². The molecule has 0 bridgehead atoms. The van der Waals surface area contributed by atoms with Gasteiger partial charge in [-0.3, -0.25) is 0 Å².